The molecule has 0 spiro atoms. The van der Waals surface area contributed by atoms with Crippen molar-refractivity contribution >= 4 is 15.9 Å². The van der Waals surface area contributed by atoms with Crippen LogP contribution in [-0.2, 0) is 5.41 Å². The Labute approximate surface area is 92.6 Å². The van der Waals surface area contributed by atoms with E-state index in [2.05, 4.69) is 22.0 Å². The summed E-state index contributed by atoms with van der Waals surface area (Å²) in [5.74, 6) is -0.116. The molecule has 1 aromatic carbocycles. The first-order chi connectivity index (χ1) is 6.77. The zero-order valence-corrected chi connectivity index (χ0v) is 9.69. The lowest BCUT2D eigenvalue weighted by Gasteiger charge is -2.27. The fourth-order valence-corrected chi connectivity index (χ4v) is 3.25. The molecule has 0 aliphatic heterocycles. The van der Waals surface area contributed by atoms with E-state index in [9.17, 15) is 4.39 Å². The summed E-state index contributed by atoms with van der Waals surface area (Å²) in [5.41, 5.74) is 1.36. The van der Waals surface area contributed by atoms with Crippen LogP contribution in [0.15, 0.2) is 24.3 Å². The molecule has 2 heteroatoms. The molecule has 0 aromatic heterocycles. The number of hydrogen-bond donors (Lipinski definition) is 0. The van der Waals surface area contributed by atoms with Gasteiger partial charge in [-0.2, -0.15) is 0 Å². The molecule has 0 unspecified atom stereocenters. The molecule has 1 aliphatic carbocycles. The topological polar surface area (TPSA) is 0 Å². The minimum atomic E-state index is -0.116. The SMILES string of the molecule is Fc1cccc(C2(CBr)CCCC2)c1. The first kappa shape index (κ1) is 10.2. The van der Waals surface area contributed by atoms with Gasteiger partial charge in [-0.3, -0.25) is 0 Å². The first-order valence-electron chi connectivity index (χ1n) is 5.09. The van der Waals surface area contributed by atoms with Crippen molar-refractivity contribution in [2.24, 2.45) is 0 Å². The van der Waals surface area contributed by atoms with Crippen LogP contribution in [0.5, 0.6) is 0 Å². The van der Waals surface area contributed by atoms with Gasteiger partial charge in [0.25, 0.3) is 0 Å². The fourth-order valence-electron chi connectivity index (χ4n) is 2.37. The number of hydrogen-bond acceptors (Lipinski definition) is 0. The maximum Gasteiger partial charge on any atom is 0.123 e. The van der Waals surface area contributed by atoms with Crippen LogP contribution in [0.1, 0.15) is 31.2 Å². The van der Waals surface area contributed by atoms with Gasteiger partial charge in [-0.25, -0.2) is 4.39 Å². The van der Waals surface area contributed by atoms with Crippen molar-refractivity contribution in [1.29, 1.82) is 0 Å². The van der Waals surface area contributed by atoms with Crippen LogP contribution in [-0.4, -0.2) is 5.33 Å². The smallest absolute Gasteiger partial charge is 0.123 e. The molecule has 0 radical (unpaired) electrons. The van der Waals surface area contributed by atoms with E-state index in [-0.39, 0.29) is 11.2 Å². The van der Waals surface area contributed by atoms with Crippen molar-refractivity contribution in [2.75, 3.05) is 5.33 Å². The second kappa shape index (κ2) is 4.01. The van der Waals surface area contributed by atoms with Gasteiger partial charge in [-0.1, -0.05) is 40.9 Å². The zero-order chi connectivity index (χ0) is 10.0. The Hall–Kier alpha value is -0.370. The molecule has 1 saturated carbocycles. The minimum absolute atomic E-state index is 0.116. The van der Waals surface area contributed by atoms with Crippen LogP contribution < -0.4 is 0 Å². The second-order valence-corrected chi connectivity index (χ2v) is 4.69. The maximum atomic E-state index is 13.1. The number of rotatable bonds is 2. The van der Waals surface area contributed by atoms with Crippen LogP contribution in [0.25, 0.3) is 0 Å². The first-order valence-corrected chi connectivity index (χ1v) is 6.21. The Kier molecular flexibility index (Phi) is 2.91. The van der Waals surface area contributed by atoms with Crippen LogP contribution in [0.2, 0.25) is 0 Å². The molecular formula is C12H14BrF. The van der Waals surface area contributed by atoms with Crippen molar-refractivity contribution in [2.45, 2.75) is 31.1 Å². The van der Waals surface area contributed by atoms with Gasteiger partial charge in [0.1, 0.15) is 5.82 Å². The molecule has 0 amide bonds. The summed E-state index contributed by atoms with van der Waals surface area (Å²) in [5, 5.41) is 0.948. The van der Waals surface area contributed by atoms with Crippen molar-refractivity contribution in [3.63, 3.8) is 0 Å². The molecule has 1 aliphatic rings. The molecule has 0 N–H and O–H groups in total. The third-order valence-corrected chi connectivity index (χ3v) is 4.33. The largest absolute Gasteiger partial charge is 0.207 e. The molecule has 0 heterocycles. The molecule has 0 saturated heterocycles. The van der Waals surface area contributed by atoms with Gasteiger partial charge >= 0.3 is 0 Å². The Balaban J connectivity index is 2.35. The molecule has 0 bridgehead atoms. The zero-order valence-electron chi connectivity index (χ0n) is 8.10. The monoisotopic (exact) mass is 256 g/mol. The van der Waals surface area contributed by atoms with Crippen LogP contribution in [0, 0.1) is 5.82 Å². The van der Waals surface area contributed by atoms with Gasteiger partial charge in [-0.05, 0) is 30.5 Å². The minimum Gasteiger partial charge on any atom is -0.207 e. The third kappa shape index (κ3) is 1.72. The maximum absolute atomic E-state index is 13.1. The quantitative estimate of drug-likeness (QED) is 0.701. The normalized spacial score (nSPS) is 19.9. The Morgan fingerprint density at radius 2 is 2.00 bits per heavy atom. The predicted molar refractivity (Wildman–Crippen MR) is 60.3 cm³/mol. The van der Waals surface area contributed by atoms with Gasteiger partial charge in [-0.15, -0.1) is 0 Å². The highest BCUT2D eigenvalue weighted by Crippen LogP contribution is 2.42. The molecule has 2 rings (SSSR count). The van der Waals surface area contributed by atoms with Gasteiger partial charge in [0.2, 0.25) is 0 Å². The Morgan fingerprint density at radius 1 is 1.29 bits per heavy atom. The Morgan fingerprint density at radius 3 is 2.57 bits per heavy atom. The molecule has 0 nitrogen and oxygen atoms in total. The highest BCUT2D eigenvalue weighted by atomic mass is 79.9. The van der Waals surface area contributed by atoms with Crippen molar-refractivity contribution in [1.82, 2.24) is 0 Å². The van der Waals surface area contributed by atoms with Gasteiger partial charge in [0.15, 0.2) is 0 Å². The van der Waals surface area contributed by atoms with E-state index in [1.807, 2.05) is 6.07 Å². The van der Waals surface area contributed by atoms with E-state index in [4.69, 9.17) is 0 Å². The molecule has 1 fully saturated rings. The highest BCUT2D eigenvalue weighted by molar-refractivity contribution is 9.09. The summed E-state index contributed by atoms with van der Waals surface area (Å²) < 4.78 is 13.1. The number of halogens is 2. The summed E-state index contributed by atoms with van der Waals surface area (Å²) in [6.07, 6.45) is 4.90. The summed E-state index contributed by atoms with van der Waals surface area (Å²) in [7, 11) is 0. The van der Waals surface area contributed by atoms with Gasteiger partial charge in [0, 0.05) is 10.7 Å². The lowest BCUT2D eigenvalue weighted by Crippen LogP contribution is -2.23. The Bertz CT molecular complexity index is 316. The molecule has 14 heavy (non-hydrogen) atoms. The third-order valence-electron chi connectivity index (χ3n) is 3.25. The van der Waals surface area contributed by atoms with E-state index >= 15 is 0 Å². The predicted octanol–water partition coefficient (Wildman–Crippen LogP) is 4.03. The summed E-state index contributed by atoms with van der Waals surface area (Å²) in [6, 6.07) is 7.07. The summed E-state index contributed by atoms with van der Waals surface area (Å²) >= 11 is 3.57. The fraction of sp³-hybridized carbons (Fsp3) is 0.500. The lowest BCUT2D eigenvalue weighted by atomic mass is 9.81. The standard InChI is InChI=1S/C12H14BrF/c13-9-12(6-1-2-7-12)10-4-3-5-11(14)8-10/h3-5,8H,1-2,6-7,9H2. The average molecular weight is 257 g/mol. The number of alkyl halides is 1. The summed E-state index contributed by atoms with van der Waals surface area (Å²) in [4.78, 5) is 0. The van der Waals surface area contributed by atoms with E-state index in [0.717, 1.165) is 10.9 Å². The lowest BCUT2D eigenvalue weighted by molar-refractivity contribution is 0.499. The molecular weight excluding hydrogens is 243 g/mol. The van der Waals surface area contributed by atoms with E-state index in [0.29, 0.717) is 0 Å². The van der Waals surface area contributed by atoms with Crippen molar-refractivity contribution in [3.8, 4) is 0 Å². The number of benzene rings is 1. The van der Waals surface area contributed by atoms with Crippen molar-refractivity contribution in [3.05, 3.63) is 35.6 Å². The van der Waals surface area contributed by atoms with E-state index < -0.39 is 0 Å². The molecule has 0 atom stereocenters. The van der Waals surface area contributed by atoms with Gasteiger partial charge < -0.3 is 0 Å². The summed E-state index contributed by atoms with van der Waals surface area (Å²) in [6.45, 7) is 0. The highest BCUT2D eigenvalue weighted by Gasteiger charge is 2.34. The molecule has 1 aromatic rings. The van der Waals surface area contributed by atoms with Crippen LogP contribution in [0.4, 0.5) is 4.39 Å². The van der Waals surface area contributed by atoms with Crippen LogP contribution in [0.3, 0.4) is 0 Å². The van der Waals surface area contributed by atoms with Gasteiger partial charge in [0.05, 0.1) is 0 Å². The van der Waals surface area contributed by atoms with Crippen LogP contribution >= 0.6 is 15.9 Å². The van der Waals surface area contributed by atoms with E-state index in [1.165, 1.54) is 31.7 Å². The van der Waals surface area contributed by atoms with Crippen molar-refractivity contribution < 1.29 is 4.39 Å². The average Bonchev–Trinajstić information content (AvgIpc) is 2.67. The molecule has 76 valence electrons. The van der Waals surface area contributed by atoms with E-state index in [1.54, 1.807) is 6.07 Å². The second-order valence-electron chi connectivity index (χ2n) is 4.13.